The highest BCUT2D eigenvalue weighted by Crippen LogP contribution is 2.29. The van der Waals surface area contributed by atoms with Gasteiger partial charge in [-0.1, -0.05) is 86.5 Å². The Kier molecular flexibility index (Phi) is 15.7. The number of aromatic amines is 1. The SMILES string of the molecule is CC.CC1CCC(C(=O)Nc2ccc(-c3nc4cc(NC=O)ncc4[nH]3)cc2)CC1.CC1CCCCCC1.CCC. The van der Waals surface area contributed by atoms with Gasteiger partial charge in [0.05, 0.1) is 17.2 Å². The molecule has 0 radical (unpaired) electrons. The molecule has 0 bridgehead atoms. The summed E-state index contributed by atoms with van der Waals surface area (Å²) in [5.41, 5.74) is 3.21. The fourth-order valence-corrected chi connectivity index (χ4v) is 5.15. The quantitative estimate of drug-likeness (QED) is 0.213. The maximum absolute atomic E-state index is 12.5. The maximum Gasteiger partial charge on any atom is 0.227 e. The lowest BCUT2D eigenvalue weighted by molar-refractivity contribution is -0.121. The zero-order valence-electron chi connectivity index (χ0n) is 26.3. The lowest BCUT2D eigenvalue weighted by atomic mass is 9.82. The van der Waals surface area contributed by atoms with Gasteiger partial charge in [-0.05, 0) is 61.8 Å². The summed E-state index contributed by atoms with van der Waals surface area (Å²) in [6, 6.07) is 9.35. The first-order valence-corrected chi connectivity index (χ1v) is 15.9. The highest BCUT2D eigenvalue weighted by molar-refractivity contribution is 5.93. The van der Waals surface area contributed by atoms with Crippen molar-refractivity contribution in [2.75, 3.05) is 10.6 Å². The van der Waals surface area contributed by atoms with Crippen LogP contribution in [0.3, 0.4) is 0 Å². The van der Waals surface area contributed by atoms with E-state index in [4.69, 9.17) is 0 Å². The molecule has 7 nitrogen and oxygen atoms in total. The number of hydrogen-bond acceptors (Lipinski definition) is 4. The van der Waals surface area contributed by atoms with E-state index in [2.05, 4.69) is 53.3 Å². The Bertz CT molecular complexity index is 1140. The first-order valence-electron chi connectivity index (χ1n) is 15.9. The number of H-pyrrole nitrogens is 1. The summed E-state index contributed by atoms with van der Waals surface area (Å²) in [5.74, 6) is 3.15. The highest BCUT2D eigenvalue weighted by Gasteiger charge is 2.24. The number of nitrogens with one attached hydrogen (secondary N) is 3. The number of benzene rings is 1. The van der Waals surface area contributed by atoms with E-state index in [1.807, 2.05) is 38.1 Å². The van der Waals surface area contributed by atoms with Crippen LogP contribution in [0.2, 0.25) is 0 Å². The summed E-state index contributed by atoms with van der Waals surface area (Å²) in [4.78, 5) is 34.9. The minimum atomic E-state index is 0.115. The average Bonchev–Trinajstić information content (AvgIpc) is 3.26. The molecular weight excluding hydrogens is 510 g/mol. The second-order valence-electron chi connectivity index (χ2n) is 11.3. The normalized spacial score (nSPS) is 18.7. The van der Waals surface area contributed by atoms with Gasteiger partial charge in [-0.15, -0.1) is 0 Å². The number of anilines is 2. The zero-order valence-corrected chi connectivity index (χ0v) is 26.3. The number of pyridine rings is 1. The van der Waals surface area contributed by atoms with Crippen molar-refractivity contribution in [3.63, 3.8) is 0 Å². The molecule has 2 fully saturated rings. The molecule has 0 spiro atoms. The summed E-state index contributed by atoms with van der Waals surface area (Å²) in [5, 5.41) is 5.55. The molecule has 2 aromatic heterocycles. The third kappa shape index (κ3) is 11.7. The molecule has 2 saturated carbocycles. The zero-order chi connectivity index (χ0) is 30.0. The van der Waals surface area contributed by atoms with Gasteiger partial charge >= 0.3 is 0 Å². The van der Waals surface area contributed by atoms with E-state index in [1.165, 1.54) is 44.9 Å². The summed E-state index contributed by atoms with van der Waals surface area (Å²) in [6.07, 6.45) is 16.6. The maximum atomic E-state index is 12.5. The number of imidazole rings is 1. The molecule has 3 aromatic rings. The molecule has 1 aromatic carbocycles. The molecule has 0 unspecified atom stereocenters. The van der Waals surface area contributed by atoms with Crippen LogP contribution in [0, 0.1) is 17.8 Å². The molecule has 2 amide bonds. The molecule has 0 saturated heterocycles. The summed E-state index contributed by atoms with van der Waals surface area (Å²) in [6.45, 7) is 12.9. The van der Waals surface area contributed by atoms with Crippen molar-refractivity contribution in [3.05, 3.63) is 36.5 Å². The minimum Gasteiger partial charge on any atom is -0.337 e. The monoisotopic (exact) mass is 563 g/mol. The molecule has 0 aliphatic heterocycles. The topological polar surface area (TPSA) is 99.8 Å². The van der Waals surface area contributed by atoms with Gasteiger partial charge in [0.1, 0.15) is 11.6 Å². The summed E-state index contributed by atoms with van der Waals surface area (Å²) >= 11 is 0. The first-order chi connectivity index (χ1) is 19.9. The first kappa shape index (κ1) is 34.0. The van der Waals surface area contributed by atoms with E-state index in [1.54, 1.807) is 12.3 Å². The van der Waals surface area contributed by atoms with Crippen molar-refractivity contribution in [3.8, 4) is 11.4 Å². The van der Waals surface area contributed by atoms with E-state index in [9.17, 15) is 9.59 Å². The summed E-state index contributed by atoms with van der Waals surface area (Å²) in [7, 11) is 0. The van der Waals surface area contributed by atoms with Crippen LogP contribution in [0.15, 0.2) is 36.5 Å². The Morgan fingerprint density at radius 1 is 0.927 bits per heavy atom. The molecular formula is C34H53N5O2. The standard InChI is InChI=1S/C21H23N5O2.C8H16.C3H8.C2H6/c1-13-2-4-15(5-3-13)21(28)24-16-8-6-14(7-9-16)20-25-17-10-19(23-12-27)22-11-18(17)26-20;1-8-6-4-2-3-5-7-8;1-3-2;1-2/h6-13,15H,2-5H2,1H3,(H,24,28)(H,25,26)(H,22,23,27);8H,2-7H2,1H3;3H2,1-2H3;1-2H3. The van der Waals surface area contributed by atoms with Crippen LogP contribution in [-0.2, 0) is 9.59 Å². The number of hydrogen-bond donors (Lipinski definition) is 3. The molecule has 2 heterocycles. The fourth-order valence-electron chi connectivity index (χ4n) is 5.15. The van der Waals surface area contributed by atoms with E-state index in [-0.39, 0.29) is 11.8 Å². The smallest absolute Gasteiger partial charge is 0.227 e. The van der Waals surface area contributed by atoms with Crippen LogP contribution in [0.4, 0.5) is 11.5 Å². The van der Waals surface area contributed by atoms with Crippen molar-refractivity contribution in [1.82, 2.24) is 15.0 Å². The number of rotatable bonds is 5. The van der Waals surface area contributed by atoms with E-state index in [0.717, 1.165) is 59.8 Å². The Morgan fingerprint density at radius 2 is 1.51 bits per heavy atom. The van der Waals surface area contributed by atoms with Crippen LogP contribution >= 0.6 is 0 Å². The van der Waals surface area contributed by atoms with Crippen LogP contribution in [0.5, 0.6) is 0 Å². The predicted molar refractivity (Wildman–Crippen MR) is 173 cm³/mol. The van der Waals surface area contributed by atoms with Gasteiger partial charge in [-0.3, -0.25) is 9.59 Å². The Balaban J connectivity index is 0.000000379. The van der Waals surface area contributed by atoms with Crippen molar-refractivity contribution in [2.24, 2.45) is 17.8 Å². The van der Waals surface area contributed by atoms with Gasteiger partial charge in [-0.2, -0.15) is 0 Å². The number of fused-ring (bicyclic) bond motifs is 1. The van der Waals surface area contributed by atoms with Crippen molar-refractivity contribution >= 4 is 34.9 Å². The fraction of sp³-hybridized carbons (Fsp3) is 0.588. The summed E-state index contributed by atoms with van der Waals surface area (Å²) < 4.78 is 0. The number of amides is 2. The van der Waals surface area contributed by atoms with Gasteiger partial charge in [0.15, 0.2) is 0 Å². The second-order valence-corrected chi connectivity index (χ2v) is 11.3. The van der Waals surface area contributed by atoms with Crippen molar-refractivity contribution in [1.29, 1.82) is 0 Å². The van der Waals surface area contributed by atoms with Crippen LogP contribution in [0.1, 0.15) is 112 Å². The lowest BCUT2D eigenvalue weighted by Gasteiger charge is -2.25. The number of carbonyl (C=O) groups excluding carboxylic acids is 2. The molecule has 2 aliphatic rings. The van der Waals surface area contributed by atoms with Gasteiger partial charge in [0.2, 0.25) is 12.3 Å². The molecule has 5 rings (SSSR count). The predicted octanol–water partition coefficient (Wildman–Crippen LogP) is 9.38. The van der Waals surface area contributed by atoms with Gasteiger partial charge in [-0.25, -0.2) is 9.97 Å². The number of aromatic nitrogens is 3. The molecule has 2 aliphatic carbocycles. The third-order valence-electron chi connectivity index (χ3n) is 7.53. The molecule has 41 heavy (non-hydrogen) atoms. The van der Waals surface area contributed by atoms with Crippen molar-refractivity contribution in [2.45, 2.75) is 112 Å². The largest absolute Gasteiger partial charge is 0.337 e. The lowest BCUT2D eigenvalue weighted by Crippen LogP contribution is -2.26. The minimum absolute atomic E-state index is 0.115. The second kappa shape index (κ2) is 19.0. The van der Waals surface area contributed by atoms with Crippen LogP contribution in [-0.4, -0.2) is 27.3 Å². The van der Waals surface area contributed by atoms with E-state index in [0.29, 0.717) is 18.1 Å². The average molecular weight is 564 g/mol. The number of carbonyl (C=O) groups is 2. The molecule has 0 atom stereocenters. The number of nitrogens with zero attached hydrogens (tertiary/aromatic N) is 2. The van der Waals surface area contributed by atoms with Crippen LogP contribution < -0.4 is 10.6 Å². The van der Waals surface area contributed by atoms with Gasteiger partial charge in [0, 0.05) is 23.2 Å². The molecule has 7 heteroatoms. The Morgan fingerprint density at radius 3 is 2.10 bits per heavy atom. The molecule has 226 valence electrons. The van der Waals surface area contributed by atoms with Gasteiger partial charge in [0.25, 0.3) is 0 Å². The molecule has 3 N–H and O–H groups in total. The Hall–Kier alpha value is -3.22. The highest BCUT2D eigenvalue weighted by atomic mass is 16.2. The van der Waals surface area contributed by atoms with Crippen LogP contribution in [0.25, 0.3) is 22.4 Å². The Labute approximate surface area is 247 Å². The van der Waals surface area contributed by atoms with E-state index >= 15 is 0 Å². The third-order valence-corrected chi connectivity index (χ3v) is 7.53. The van der Waals surface area contributed by atoms with Gasteiger partial charge < -0.3 is 15.6 Å². The van der Waals surface area contributed by atoms with E-state index < -0.39 is 0 Å². The van der Waals surface area contributed by atoms with Crippen molar-refractivity contribution < 1.29 is 9.59 Å².